The van der Waals surface area contributed by atoms with E-state index in [1.807, 2.05) is 23.6 Å². The van der Waals surface area contributed by atoms with Gasteiger partial charge in [-0.25, -0.2) is 0 Å². The number of aryl methyl sites for hydroxylation is 1. The second-order valence-corrected chi connectivity index (χ2v) is 6.51. The van der Waals surface area contributed by atoms with E-state index >= 15 is 0 Å². The molecule has 0 radical (unpaired) electrons. The Hall–Kier alpha value is -1.69. The zero-order valence-electron chi connectivity index (χ0n) is 13.0. The van der Waals surface area contributed by atoms with E-state index in [9.17, 15) is 4.79 Å². The van der Waals surface area contributed by atoms with E-state index in [1.54, 1.807) is 0 Å². The Bertz CT molecular complexity index is 660. The highest BCUT2D eigenvalue weighted by atomic mass is 32.1. The van der Waals surface area contributed by atoms with Crippen molar-refractivity contribution in [1.82, 2.24) is 14.8 Å². The van der Waals surface area contributed by atoms with Gasteiger partial charge in [-0.3, -0.25) is 4.79 Å². The van der Waals surface area contributed by atoms with Crippen LogP contribution in [0.4, 0.5) is 5.13 Å². The maximum absolute atomic E-state index is 12.6. The van der Waals surface area contributed by atoms with Gasteiger partial charge in [-0.2, -0.15) is 0 Å². The molecule has 2 rings (SSSR count). The van der Waals surface area contributed by atoms with Crippen LogP contribution in [-0.4, -0.2) is 21.3 Å². The number of hydrogen-bond acceptors (Lipinski definition) is 5. The van der Waals surface area contributed by atoms with Gasteiger partial charge in [-0.05, 0) is 31.4 Å². The molecule has 21 heavy (non-hydrogen) atoms. The molecule has 0 amide bonds. The molecule has 114 valence electrons. The van der Waals surface area contributed by atoms with Gasteiger partial charge in [0, 0.05) is 18.8 Å². The summed E-state index contributed by atoms with van der Waals surface area (Å²) in [5.74, 6) is 0.424. The van der Waals surface area contributed by atoms with Crippen LogP contribution in [0.15, 0.2) is 16.9 Å². The van der Waals surface area contributed by atoms with Crippen LogP contribution in [0.2, 0.25) is 0 Å². The number of nitrogens with one attached hydrogen (secondary N) is 1. The largest absolute Gasteiger partial charge is 0.360 e. The van der Waals surface area contributed by atoms with Gasteiger partial charge in [-0.15, -0.1) is 10.2 Å². The molecule has 5 nitrogen and oxygen atoms in total. The minimum atomic E-state index is 0.0156. The molecule has 0 aliphatic heterocycles. The minimum absolute atomic E-state index is 0.0156. The first-order valence-corrected chi connectivity index (χ1v) is 8.12. The summed E-state index contributed by atoms with van der Waals surface area (Å²) in [6, 6.07) is 3.82. The third-order valence-electron chi connectivity index (χ3n) is 3.12. The van der Waals surface area contributed by atoms with Crippen molar-refractivity contribution in [3.63, 3.8) is 0 Å². The molecule has 0 bridgehead atoms. The van der Waals surface area contributed by atoms with E-state index in [4.69, 9.17) is 0 Å². The Labute approximate surface area is 129 Å². The van der Waals surface area contributed by atoms with Gasteiger partial charge in [0.2, 0.25) is 5.13 Å². The van der Waals surface area contributed by atoms with Crippen molar-refractivity contribution in [1.29, 1.82) is 0 Å². The normalized spacial score (nSPS) is 11.1. The van der Waals surface area contributed by atoms with E-state index in [2.05, 4.69) is 36.3 Å². The molecule has 2 heterocycles. The SMILES string of the molecule is CCCNc1nnc(-c2ccc(C)n(CC(C)C)c2=O)s1. The third-order valence-corrected chi connectivity index (χ3v) is 4.04. The quantitative estimate of drug-likeness (QED) is 0.890. The first kappa shape index (κ1) is 15.7. The molecule has 0 atom stereocenters. The summed E-state index contributed by atoms with van der Waals surface area (Å²) in [7, 11) is 0. The predicted octanol–water partition coefficient (Wildman–Crippen LogP) is 3.15. The number of aromatic nitrogens is 3. The smallest absolute Gasteiger partial charge is 0.261 e. The summed E-state index contributed by atoms with van der Waals surface area (Å²) in [5, 5.41) is 12.9. The number of hydrogen-bond donors (Lipinski definition) is 1. The summed E-state index contributed by atoms with van der Waals surface area (Å²) >= 11 is 1.43. The summed E-state index contributed by atoms with van der Waals surface area (Å²) in [4.78, 5) is 12.6. The number of nitrogens with zero attached hydrogens (tertiary/aromatic N) is 3. The fourth-order valence-corrected chi connectivity index (χ4v) is 2.85. The maximum atomic E-state index is 12.6. The van der Waals surface area contributed by atoms with Gasteiger partial charge in [0.15, 0.2) is 5.01 Å². The Balaban J connectivity index is 2.36. The van der Waals surface area contributed by atoms with Gasteiger partial charge in [0.1, 0.15) is 0 Å². The van der Waals surface area contributed by atoms with Crippen LogP contribution in [0, 0.1) is 12.8 Å². The molecular formula is C15H22N4OS. The van der Waals surface area contributed by atoms with Crippen molar-refractivity contribution >= 4 is 16.5 Å². The van der Waals surface area contributed by atoms with Crippen LogP contribution in [-0.2, 0) is 6.54 Å². The standard InChI is InChI=1S/C15H22N4OS/c1-5-8-16-15-18-17-13(21-15)12-7-6-11(4)19(14(12)20)9-10(2)3/h6-7,10H,5,8-9H2,1-4H3,(H,16,18). The van der Waals surface area contributed by atoms with Crippen LogP contribution in [0.25, 0.3) is 10.6 Å². The van der Waals surface area contributed by atoms with E-state index in [-0.39, 0.29) is 5.56 Å². The fourth-order valence-electron chi connectivity index (χ4n) is 2.06. The average molecular weight is 306 g/mol. The molecule has 0 aliphatic carbocycles. The third kappa shape index (κ3) is 3.69. The van der Waals surface area contributed by atoms with Crippen LogP contribution in [0.5, 0.6) is 0 Å². The van der Waals surface area contributed by atoms with Crippen LogP contribution in [0.3, 0.4) is 0 Å². The Morgan fingerprint density at radius 3 is 2.76 bits per heavy atom. The highest BCUT2D eigenvalue weighted by molar-refractivity contribution is 7.18. The van der Waals surface area contributed by atoms with Gasteiger partial charge in [0.05, 0.1) is 5.56 Å². The second kappa shape index (κ2) is 6.85. The lowest BCUT2D eigenvalue weighted by molar-refractivity contribution is 0.503. The van der Waals surface area contributed by atoms with Gasteiger partial charge in [-0.1, -0.05) is 32.1 Å². The van der Waals surface area contributed by atoms with E-state index in [0.29, 0.717) is 16.5 Å². The summed E-state index contributed by atoms with van der Waals surface area (Å²) < 4.78 is 1.82. The molecular weight excluding hydrogens is 284 g/mol. The minimum Gasteiger partial charge on any atom is -0.360 e. The molecule has 0 unspecified atom stereocenters. The molecule has 2 aromatic heterocycles. The van der Waals surface area contributed by atoms with Crippen molar-refractivity contribution in [2.45, 2.75) is 40.7 Å². The second-order valence-electron chi connectivity index (χ2n) is 5.54. The monoisotopic (exact) mass is 306 g/mol. The number of pyridine rings is 1. The molecule has 0 aromatic carbocycles. The average Bonchev–Trinajstić information content (AvgIpc) is 2.89. The van der Waals surface area contributed by atoms with Crippen molar-refractivity contribution in [2.75, 3.05) is 11.9 Å². The van der Waals surface area contributed by atoms with Crippen LogP contribution >= 0.6 is 11.3 Å². The Kier molecular flexibility index (Phi) is 5.12. The molecule has 0 spiro atoms. The van der Waals surface area contributed by atoms with E-state index in [0.717, 1.165) is 30.3 Å². The van der Waals surface area contributed by atoms with Crippen molar-refractivity contribution in [3.05, 3.63) is 28.2 Å². The molecule has 0 saturated carbocycles. The van der Waals surface area contributed by atoms with Crippen LogP contribution in [0.1, 0.15) is 32.9 Å². The lowest BCUT2D eigenvalue weighted by Crippen LogP contribution is -2.25. The molecule has 1 N–H and O–H groups in total. The zero-order chi connectivity index (χ0) is 15.4. The lowest BCUT2D eigenvalue weighted by atomic mass is 10.2. The molecule has 0 fully saturated rings. The number of rotatable bonds is 6. The predicted molar refractivity (Wildman–Crippen MR) is 88.0 cm³/mol. The molecule has 0 saturated heterocycles. The van der Waals surface area contributed by atoms with E-state index < -0.39 is 0 Å². The topological polar surface area (TPSA) is 59.8 Å². The Morgan fingerprint density at radius 2 is 2.10 bits per heavy atom. The fraction of sp³-hybridized carbons (Fsp3) is 0.533. The van der Waals surface area contributed by atoms with Gasteiger partial charge in [0.25, 0.3) is 5.56 Å². The van der Waals surface area contributed by atoms with Gasteiger partial charge >= 0.3 is 0 Å². The number of anilines is 1. The Morgan fingerprint density at radius 1 is 1.33 bits per heavy atom. The highest BCUT2D eigenvalue weighted by Gasteiger charge is 2.13. The first-order valence-electron chi connectivity index (χ1n) is 7.31. The summed E-state index contributed by atoms with van der Waals surface area (Å²) in [5.41, 5.74) is 1.62. The zero-order valence-corrected chi connectivity index (χ0v) is 13.8. The highest BCUT2D eigenvalue weighted by Crippen LogP contribution is 2.24. The van der Waals surface area contributed by atoms with Crippen molar-refractivity contribution in [3.8, 4) is 10.6 Å². The van der Waals surface area contributed by atoms with Crippen molar-refractivity contribution in [2.24, 2.45) is 5.92 Å². The first-order chi connectivity index (χ1) is 10.0. The molecule has 6 heteroatoms. The lowest BCUT2D eigenvalue weighted by Gasteiger charge is -2.13. The van der Waals surface area contributed by atoms with Gasteiger partial charge < -0.3 is 9.88 Å². The van der Waals surface area contributed by atoms with Crippen LogP contribution < -0.4 is 10.9 Å². The molecule has 2 aromatic rings. The maximum Gasteiger partial charge on any atom is 0.261 e. The molecule has 0 aliphatic rings. The summed E-state index contributed by atoms with van der Waals surface area (Å²) in [6.45, 7) is 9.85. The van der Waals surface area contributed by atoms with E-state index in [1.165, 1.54) is 11.3 Å². The summed E-state index contributed by atoms with van der Waals surface area (Å²) in [6.07, 6.45) is 1.03. The van der Waals surface area contributed by atoms with Crippen molar-refractivity contribution < 1.29 is 0 Å².